The fourth-order valence-electron chi connectivity index (χ4n) is 1.54. The molecule has 0 saturated carbocycles. The van der Waals surface area contributed by atoms with Crippen LogP contribution in [-0.4, -0.2) is 12.2 Å². The fraction of sp³-hybridized carbons (Fsp3) is 0.800. The maximum absolute atomic E-state index is 5.74. The number of hydrogen-bond donors (Lipinski definition) is 0. The van der Waals surface area contributed by atoms with E-state index in [1.165, 1.54) is 24.8 Å². The van der Waals surface area contributed by atoms with Crippen LogP contribution in [0.4, 0.5) is 0 Å². The number of ether oxygens (including phenoxy) is 1. The predicted molar refractivity (Wildman–Crippen MR) is 47.6 cm³/mol. The number of hydrogen-bond acceptors (Lipinski definition) is 1. The minimum atomic E-state index is 0.292. The van der Waals surface area contributed by atoms with Gasteiger partial charge in [-0.15, -0.1) is 0 Å². The Bertz CT molecular complexity index is 140. The third-order valence-electron chi connectivity index (χ3n) is 2.37. The van der Waals surface area contributed by atoms with Crippen molar-refractivity contribution in [2.24, 2.45) is 0 Å². The zero-order valence-corrected chi connectivity index (χ0v) is 7.60. The Hall–Kier alpha value is -0.300. The first-order chi connectivity index (χ1) is 5.24. The van der Waals surface area contributed by atoms with E-state index in [1.807, 2.05) is 0 Å². The molecule has 1 nitrogen and oxygen atoms in total. The van der Waals surface area contributed by atoms with Crippen molar-refractivity contribution in [3.63, 3.8) is 0 Å². The predicted octanol–water partition coefficient (Wildman–Crippen LogP) is 2.91. The van der Waals surface area contributed by atoms with Crippen LogP contribution in [-0.2, 0) is 4.74 Å². The normalized spacial score (nSPS) is 32.4. The first kappa shape index (κ1) is 8.79. The van der Waals surface area contributed by atoms with Crippen LogP contribution in [0.2, 0.25) is 0 Å². The van der Waals surface area contributed by atoms with Gasteiger partial charge in [-0.1, -0.05) is 19.9 Å². The van der Waals surface area contributed by atoms with E-state index < -0.39 is 0 Å². The molecule has 64 valence electrons. The van der Waals surface area contributed by atoms with Crippen LogP contribution < -0.4 is 0 Å². The highest BCUT2D eigenvalue weighted by Crippen LogP contribution is 2.24. The first-order valence-corrected chi connectivity index (χ1v) is 4.57. The molecule has 11 heavy (non-hydrogen) atoms. The van der Waals surface area contributed by atoms with E-state index in [-0.39, 0.29) is 0 Å². The van der Waals surface area contributed by atoms with Gasteiger partial charge in [0.05, 0.1) is 12.2 Å². The van der Waals surface area contributed by atoms with E-state index in [2.05, 4.69) is 20.4 Å². The summed E-state index contributed by atoms with van der Waals surface area (Å²) in [6.45, 7) is 8.27. The van der Waals surface area contributed by atoms with Crippen LogP contribution in [0.3, 0.4) is 0 Å². The lowest BCUT2D eigenvalue weighted by atomic mass is 9.98. The Morgan fingerprint density at radius 1 is 1.64 bits per heavy atom. The Morgan fingerprint density at radius 3 is 2.91 bits per heavy atom. The zero-order valence-electron chi connectivity index (χ0n) is 7.60. The molecule has 2 atom stereocenters. The molecule has 0 aliphatic carbocycles. The average molecular weight is 154 g/mol. The van der Waals surface area contributed by atoms with Crippen LogP contribution in [0.1, 0.15) is 39.5 Å². The van der Waals surface area contributed by atoms with E-state index >= 15 is 0 Å². The van der Waals surface area contributed by atoms with Gasteiger partial charge < -0.3 is 4.74 Å². The monoisotopic (exact) mass is 154 g/mol. The molecule has 0 radical (unpaired) electrons. The second-order valence-corrected chi connectivity index (χ2v) is 3.39. The van der Waals surface area contributed by atoms with Gasteiger partial charge in [-0.3, -0.25) is 0 Å². The summed E-state index contributed by atoms with van der Waals surface area (Å²) in [5, 5.41) is 0. The molecule has 1 fully saturated rings. The van der Waals surface area contributed by atoms with Gasteiger partial charge in [0.25, 0.3) is 0 Å². The smallest absolute Gasteiger partial charge is 0.0758 e. The van der Waals surface area contributed by atoms with Crippen LogP contribution in [0.25, 0.3) is 0 Å². The molecular weight excluding hydrogens is 136 g/mol. The second kappa shape index (κ2) is 3.91. The quantitative estimate of drug-likeness (QED) is 0.556. The molecule has 0 bridgehead atoms. The fourth-order valence-corrected chi connectivity index (χ4v) is 1.54. The van der Waals surface area contributed by atoms with Crippen molar-refractivity contribution in [2.45, 2.75) is 51.7 Å². The molecule has 0 aromatic heterocycles. The van der Waals surface area contributed by atoms with Gasteiger partial charge in [0.2, 0.25) is 0 Å². The standard InChI is InChI=1S/C10H18O/c1-4-5-10-7-6-8(2)9(3)11-10/h9-10H,2,4-7H2,1,3H3. The summed E-state index contributed by atoms with van der Waals surface area (Å²) < 4.78 is 5.74. The van der Waals surface area contributed by atoms with E-state index in [0.717, 1.165) is 6.42 Å². The molecule has 0 spiro atoms. The molecule has 1 aliphatic rings. The maximum Gasteiger partial charge on any atom is 0.0758 e. The lowest BCUT2D eigenvalue weighted by Gasteiger charge is -2.29. The molecule has 2 unspecified atom stereocenters. The third-order valence-corrected chi connectivity index (χ3v) is 2.37. The summed E-state index contributed by atoms with van der Waals surface area (Å²) in [7, 11) is 0. The van der Waals surface area contributed by atoms with Gasteiger partial charge >= 0.3 is 0 Å². The summed E-state index contributed by atoms with van der Waals surface area (Å²) in [6.07, 6.45) is 5.56. The van der Waals surface area contributed by atoms with Crippen molar-refractivity contribution in [3.8, 4) is 0 Å². The first-order valence-electron chi connectivity index (χ1n) is 4.57. The Morgan fingerprint density at radius 2 is 2.36 bits per heavy atom. The largest absolute Gasteiger partial charge is 0.371 e. The minimum absolute atomic E-state index is 0.292. The zero-order chi connectivity index (χ0) is 8.27. The summed E-state index contributed by atoms with van der Waals surface area (Å²) >= 11 is 0. The van der Waals surface area contributed by atoms with E-state index in [1.54, 1.807) is 0 Å². The highest BCUT2D eigenvalue weighted by Gasteiger charge is 2.20. The minimum Gasteiger partial charge on any atom is -0.371 e. The highest BCUT2D eigenvalue weighted by molar-refractivity contribution is 5.03. The lowest BCUT2D eigenvalue weighted by Crippen LogP contribution is -2.26. The van der Waals surface area contributed by atoms with Crippen molar-refractivity contribution in [3.05, 3.63) is 12.2 Å². The van der Waals surface area contributed by atoms with Gasteiger partial charge in [-0.25, -0.2) is 0 Å². The number of rotatable bonds is 2. The van der Waals surface area contributed by atoms with Crippen LogP contribution in [0.15, 0.2) is 12.2 Å². The Kier molecular flexibility index (Phi) is 3.13. The Balaban J connectivity index is 2.33. The SMILES string of the molecule is C=C1CCC(CCC)OC1C. The molecule has 1 aliphatic heterocycles. The van der Waals surface area contributed by atoms with Crippen molar-refractivity contribution < 1.29 is 4.74 Å². The van der Waals surface area contributed by atoms with E-state index in [4.69, 9.17) is 4.74 Å². The average Bonchev–Trinajstić information content (AvgIpc) is 1.98. The van der Waals surface area contributed by atoms with Crippen molar-refractivity contribution in [1.29, 1.82) is 0 Å². The van der Waals surface area contributed by atoms with Crippen LogP contribution in [0.5, 0.6) is 0 Å². The van der Waals surface area contributed by atoms with Gasteiger partial charge in [-0.05, 0) is 31.8 Å². The van der Waals surface area contributed by atoms with E-state index in [0.29, 0.717) is 12.2 Å². The summed E-state index contributed by atoms with van der Waals surface area (Å²) in [4.78, 5) is 0. The van der Waals surface area contributed by atoms with Gasteiger partial charge in [-0.2, -0.15) is 0 Å². The van der Waals surface area contributed by atoms with Gasteiger partial charge in [0, 0.05) is 0 Å². The highest BCUT2D eigenvalue weighted by atomic mass is 16.5. The topological polar surface area (TPSA) is 9.23 Å². The van der Waals surface area contributed by atoms with Crippen molar-refractivity contribution >= 4 is 0 Å². The summed E-state index contributed by atoms with van der Waals surface area (Å²) in [5.74, 6) is 0. The molecule has 1 rings (SSSR count). The molecule has 1 heterocycles. The van der Waals surface area contributed by atoms with Gasteiger partial charge in [0.1, 0.15) is 0 Å². The molecule has 0 amide bonds. The van der Waals surface area contributed by atoms with E-state index in [9.17, 15) is 0 Å². The summed E-state index contributed by atoms with van der Waals surface area (Å²) in [5.41, 5.74) is 1.26. The molecule has 1 saturated heterocycles. The maximum atomic E-state index is 5.74. The Labute approximate surface area is 69.4 Å². The summed E-state index contributed by atoms with van der Waals surface area (Å²) in [6, 6.07) is 0. The molecule has 1 heteroatoms. The van der Waals surface area contributed by atoms with Crippen LogP contribution in [0, 0.1) is 0 Å². The van der Waals surface area contributed by atoms with Crippen molar-refractivity contribution in [1.82, 2.24) is 0 Å². The second-order valence-electron chi connectivity index (χ2n) is 3.39. The van der Waals surface area contributed by atoms with Crippen molar-refractivity contribution in [2.75, 3.05) is 0 Å². The lowest BCUT2D eigenvalue weighted by molar-refractivity contribution is -0.0138. The molecular formula is C10H18O. The molecule has 0 aromatic rings. The van der Waals surface area contributed by atoms with Crippen LogP contribution >= 0.6 is 0 Å². The third kappa shape index (κ3) is 2.33. The van der Waals surface area contributed by atoms with Gasteiger partial charge in [0.15, 0.2) is 0 Å². The molecule has 0 N–H and O–H groups in total. The molecule has 0 aromatic carbocycles.